The van der Waals surface area contributed by atoms with E-state index in [0.717, 1.165) is 119 Å². The molecule has 6 aliphatic rings. The average molecular weight is 1390 g/mol. The van der Waals surface area contributed by atoms with E-state index in [-0.39, 0.29) is 59.2 Å². The summed E-state index contributed by atoms with van der Waals surface area (Å²) in [5.74, 6) is 3.30. The molecule has 14 heteroatoms. The van der Waals surface area contributed by atoms with Gasteiger partial charge in [-0.3, -0.25) is 0 Å². The summed E-state index contributed by atoms with van der Waals surface area (Å²) in [5.41, 5.74) is 16.9. The second-order valence-corrected chi connectivity index (χ2v) is 29.7. The highest BCUT2D eigenvalue weighted by Gasteiger charge is 2.50. The largest absolute Gasteiger partial charge is 0.458 e. The van der Waals surface area contributed by atoms with Gasteiger partial charge in [-0.05, 0) is 180 Å². The van der Waals surface area contributed by atoms with E-state index in [9.17, 15) is 8.22 Å². The summed E-state index contributed by atoms with van der Waals surface area (Å²) in [6.45, 7) is 4.39. The second-order valence-electron chi connectivity index (χ2n) is 27.5. The summed E-state index contributed by atoms with van der Waals surface area (Å²) in [6, 6.07) is 89.2. The number of hydrogen-bond acceptors (Lipinski definition) is 11. The average Bonchev–Trinajstić information content (AvgIpc) is 1.32. The van der Waals surface area contributed by atoms with Crippen molar-refractivity contribution in [1.82, 2.24) is 0 Å². The first-order chi connectivity index (χ1) is 54.3. The first-order valence-corrected chi connectivity index (χ1v) is 36.9. The van der Waals surface area contributed by atoms with Gasteiger partial charge in [0.15, 0.2) is 0 Å². The summed E-state index contributed by atoms with van der Waals surface area (Å²) in [4.78, 5) is 8.17. The van der Waals surface area contributed by atoms with Crippen LogP contribution in [-0.4, -0.2) is 20.1 Å². The molecule has 0 aliphatic carbocycles. The van der Waals surface area contributed by atoms with E-state index in [4.69, 9.17) is 18.9 Å². The lowest BCUT2D eigenvalue weighted by Gasteiger charge is -2.44. The molecule has 8 heterocycles. The quantitative estimate of drug-likeness (QED) is 0.135. The molecule has 1 N–H and O–H groups in total. The van der Waals surface area contributed by atoms with E-state index in [2.05, 4.69) is 85.6 Å². The maximum Gasteiger partial charge on any atom is 0.273 e. The van der Waals surface area contributed by atoms with E-state index in [1.807, 2.05) is 227 Å². The van der Waals surface area contributed by atoms with Crippen molar-refractivity contribution in [3.63, 3.8) is 0 Å². The fourth-order valence-electron chi connectivity index (χ4n) is 17.0. The highest BCUT2D eigenvalue weighted by Crippen LogP contribution is 2.52. The monoisotopic (exact) mass is 1390 g/mol. The van der Waals surface area contributed by atoms with Crippen molar-refractivity contribution in [2.24, 2.45) is 0 Å². The molecule has 0 fully saturated rings. The molecule has 0 radical (unpaired) electrons. The molecule has 16 aromatic rings. The molecule has 105 heavy (non-hydrogen) atoms. The SMILES string of the molecule is [2H]c1c2c3c(c([2H])c1N(c1ccccc1)c1ccccc1)Oc1c(sc4ccccc14)B3c1cc3c(cc1N2)N(c1c(C)cc(C)cc1C)c1c([2H])c(N(c2ccccc2)c2ccccc2)c([2H])c2c1B3c1cc3c(cc1O2)Oc1c([2H])c(N(c2ccccc2)c2ccccc2)c([2H])c2c1B3c1sc3ccccc3c1O2. The Bertz CT molecular complexity index is 6550. The van der Waals surface area contributed by atoms with Gasteiger partial charge in [0, 0.05) is 122 Å². The molecule has 0 spiro atoms. The summed E-state index contributed by atoms with van der Waals surface area (Å²) >= 11 is 3.28. The third kappa shape index (κ3) is 9.22. The molecule has 2 aromatic heterocycles. The minimum absolute atomic E-state index is 0.00171. The fourth-order valence-corrected chi connectivity index (χ4v) is 19.5. The highest BCUT2D eigenvalue weighted by molar-refractivity contribution is 7.34. The maximum absolute atomic E-state index is 11.4. The van der Waals surface area contributed by atoms with Crippen molar-refractivity contribution < 1.29 is 27.2 Å². The van der Waals surface area contributed by atoms with E-state index >= 15 is 0 Å². The van der Waals surface area contributed by atoms with Crippen LogP contribution in [0.5, 0.6) is 46.0 Å². The van der Waals surface area contributed by atoms with E-state index in [1.165, 1.54) is 0 Å². The van der Waals surface area contributed by atoms with Crippen LogP contribution in [0.2, 0.25) is 0 Å². The van der Waals surface area contributed by atoms with Gasteiger partial charge in [-0.25, -0.2) is 0 Å². The molecule has 0 saturated carbocycles. The molecule has 22 rings (SSSR count). The van der Waals surface area contributed by atoms with Gasteiger partial charge in [-0.2, -0.15) is 0 Å². The van der Waals surface area contributed by atoms with Crippen molar-refractivity contribution in [3.05, 3.63) is 320 Å². The van der Waals surface area contributed by atoms with Crippen LogP contribution in [0, 0.1) is 20.8 Å². The maximum atomic E-state index is 11.4. The number of ether oxygens (including phenoxy) is 4. The molecule has 0 atom stereocenters. The molecule has 6 aliphatic heterocycles. The van der Waals surface area contributed by atoms with Gasteiger partial charge < -0.3 is 43.9 Å². The van der Waals surface area contributed by atoms with Crippen LogP contribution in [-0.2, 0) is 0 Å². The number of anilines is 14. The van der Waals surface area contributed by atoms with Crippen molar-refractivity contribution >= 4 is 190 Å². The number of aryl methyl sites for hydroxylation is 3. The van der Waals surface area contributed by atoms with Gasteiger partial charge in [0.2, 0.25) is 0 Å². The Morgan fingerprint density at radius 2 is 0.724 bits per heavy atom. The van der Waals surface area contributed by atoms with Gasteiger partial charge in [0.05, 0.1) is 31.0 Å². The Morgan fingerprint density at radius 3 is 1.21 bits per heavy atom. The summed E-state index contributed by atoms with van der Waals surface area (Å²) in [7, 11) is 0. The van der Waals surface area contributed by atoms with Gasteiger partial charge in [0.1, 0.15) is 46.0 Å². The molecule has 0 bridgehead atoms. The second kappa shape index (κ2) is 23.2. The topological polar surface area (TPSA) is 61.9 Å². The van der Waals surface area contributed by atoms with Crippen LogP contribution in [0.1, 0.15) is 24.9 Å². The van der Waals surface area contributed by atoms with E-state index < -0.39 is 20.1 Å². The first kappa shape index (κ1) is 54.1. The molecular formula is C91H60B3N5O4S2. The number of benzene rings is 14. The predicted octanol–water partition coefficient (Wildman–Crippen LogP) is 19.3. The molecular weight excluding hydrogens is 1320 g/mol. The van der Waals surface area contributed by atoms with Crippen molar-refractivity contribution in [2.45, 2.75) is 20.8 Å². The number of nitrogens with zero attached hydrogens (tertiary/aromatic N) is 4. The normalized spacial score (nSPS) is 14.0. The van der Waals surface area contributed by atoms with Gasteiger partial charge in [0.25, 0.3) is 20.1 Å². The van der Waals surface area contributed by atoms with Gasteiger partial charge >= 0.3 is 0 Å². The van der Waals surface area contributed by atoms with Crippen LogP contribution in [0.25, 0.3) is 20.2 Å². The third-order valence-electron chi connectivity index (χ3n) is 21.2. The summed E-state index contributed by atoms with van der Waals surface area (Å²) in [5, 5.41) is 5.77. The fraction of sp³-hybridized carbons (Fsp3) is 0.0330. The Balaban J connectivity index is 0.842. The van der Waals surface area contributed by atoms with Gasteiger partial charge in [-0.1, -0.05) is 163 Å². The molecule has 0 unspecified atom stereocenters. The lowest BCUT2D eigenvalue weighted by atomic mass is 9.31. The lowest BCUT2D eigenvalue weighted by molar-refractivity contribution is 0.458. The molecule has 9 nitrogen and oxygen atoms in total. The first-order valence-electron chi connectivity index (χ1n) is 38.3. The zero-order chi connectivity index (χ0) is 74.5. The number of nitrogens with one attached hydrogen (secondary N) is 1. The smallest absolute Gasteiger partial charge is 0.273 e. The molecule has 0 saturated heterocycles. The van der Waals surface area contributed by atoms with E-state index in [0.29, 0.717) is 67.9 Å². The zero-order valence-electron chi connectivity index (χ0n) is 62.9. The standard InChI is InChI=1S/C91H60B3N5O4S2/c1-54-42-55(2)87(56(3)43-54)99-74-52-72-68(93-84-73(95-72)44-63(96(57-26-10-4-11-27-57)58-28-12-5-13-29-58)46-78(84)102-88-66-38-22-24-40-82(66)104-90(88)93)50-69(74)92-70-51-71-77(53-76(70)100-79-47-64(45-75(99)85(79)92)97(59-30-14-6-15-31-59)60-32-16-7-17-33-60)101-80-48-65(98(61-34-18-8-19-35-61)62-36-20-9-21-37-62)49-81-86(80)94(71)91-89(103-81)67-39-23-25-41-83(67)105-91/h4-53,95H,1-3H3/i44D,45D,46D,47D,48D,49D. The summed E-state index contributed by atoms with van der Waals surface area (Å²) < 4.78 is 98.5. The van der Waals surface area contributed by atoms with Crippen molar-refractivity contribution in [3.8, 4) is 46.0 Å². The highest BCUT2D eigenvalue weighted by atomic mass is 32.1. The summed E-state index contributed by atoms with van der Waals surface area (Å²) in [6.07, 6.45) is 0. The van der Waals surface area contributed by atoms with Gasteiger partial charge in [-0.15, -0.1) is 22.7 Å². The van der Waals surface area contributed by atoms with Crippen LogP contribution >= 0.6 is 22.7 Å². The van der Waals surface area contributed by atoms with Crippen molar-refractivity contribution in [1.29, 1.82) is 0 Å². The minimum Gasteiger partial charge on any atom is -0.458 e. The minimum atomic E-state index is -0.765. The molecule has 14 aromatic carbocycles. The van der Waals surface area contributed by atoms with Crippen LogP contribution in [0.4, 0.5) is 79.6 Å². The van der Waals surface area contributed by atoms with Crippen LogP contribution in [0.15, 0.2) is 303 Å². The molecule has 494 valence electrons. The Labute approximate surface area is 625 Å². The van der Waals surface area contributed by atoms with Crippen molar-refractivity contribution in [2.75, 3.05) is 24.9 Å². The number of fused-ring (bicyclic) bond motifs is 16. The zero-order valence-corrected chi connectivity index (χ0v) is 58.5. The number of hydrogen-bond donors (Lipinski definition) is 1. The van der Waals surface area contributed by atoms with Crippen LogP contribution < -0.4 is 91.7 Å². The Hall–Kier alpha value is -12.6. The van der Waals surface area contributed by atoms with Crippen LogP contribution in [0.3, 0.4) is 0 Å². The Kier molecular flexibility index (Phi) is 12.0. The number of para-hydroxylation sites is 6. The Morgan fingerprint density at radius 1 is 0.333 bits per heavy atom. The number of rotatable bonds is 10. The molecule has 0 amide bonds. The van der Waals surface area contributed by atoms with E-state index in [1.54, 1.807) is 22.7 Å². The lowest BCUT2D eigenvalue weighted by Crippen LogP contribution is -2.64. The number of thiophene rings is 2. The predicted molar refractivity (Wildman–Crippen MR) is 440 cm³/mol. The third-order valence-corrected chi connectivity index (χ3v) is 23.6.